The fourth-order valence-electron chi connectivity index (χ4n) is 4.59. The molecule has 0 N–H and O–H groups in total. The Kier molecular flexibility index (Phi) is 18.3. The van der Waals surface area contributed by atoms with Gasteiger partial charge in [0.2, 0.25) is 19.5 Å². The molecule has 0 amide bonds. The van der Waals surface area contributed by atoms with Gasteiger partial charge in [0.05, 0.1) is 0 Å². The first-order valence-electron chi connectivity index (χ1n) is 13.8. The molecule has 0 heterocycles. The molecule has 0 rings (SSSR count). The first-order valence-corrected chi connectivity index (χ1v) is 29.7. The minimum absolute atomic E-state index is 0.708. The average molecular weight is 576 g/mol. The second-order valence-electron chi connectivity index (χ2n) is 13.9. The third-order valence-corrected chi connectivity index (χ3v) is 25.8. The third kappa shape index (κ3) is 20.3. The summed E-state index contributed by atoms with van der Waals surface area (Å²) in [6, 6.07) is 11.9. The van der Waals surface area contributed by atoms with Gasteiger partial charge in [0, 0.05) is 46.5 Å². The maximum absolute atomic E-state index is 5.37. The molecule has 0 aromatic heterocycles. The standard InChI is InChI=1S/C25H61NO2Si6/c1-26(16-13-19-32(6,7)23-24-34(10,11)25-30-28-3)15-12-18-31(4,5)21-22-33(8,9)20-14-17-29-27-2/h12-25H2,1-11H3. The van der Waals surface area contributed by atoms with Crippen molar-refractivity contribution in [2.75, 3.05) is 34.4 Å². The van der Waals surface area contributed by atoms with Crippen LogP contribution in [-0.2, 0) is 8.85 Å². The summed E-state index contributed by atoms with van der Waals surface area (Å²) in [5, 5.41) is 0. The van der Waals surface area contributed by atoms with E-state index in [4.69, 9.17) is 8.85 Å². The van der Waals surface area contributed by atoms with E-state index in [-0.39, 0.29) is 0 Å². The number of hydrogen-bond acceptors (Lipinski definition) is 3. The van der Waals surface area contributed by atoms with E-state index in [2.05, 4.69) is 64.3 Å². The van der Waals surface area contributed by atoms with Crippen molar-refractivity contribution in [1.82, 2.24) is 4.90 Å². The van der Waals surface area contributed by atoms with Gasteiger partial charge >= 0.3 is 0 Å². The van der Waals surface area contributed by atoms with Crippen LogP contribution >= 0.6 is 0 Å². The molecule has 0 atom stereocenters. The van der Waals surface area contributed by atoms with Crippen LogP contribution in [0.5, 0.6) is 0 Å². The van der Waals surface area contributed by atoms with Crippen LogP contribution < -0.4 is 0 Å². The van der Waals surface area contributed by atoms with Crippen LogP contribution in [0.25, 0.3) is 0 Å². The second-order valence-corrected chi connectivity index (χ2v) is 38.0. The highest BCUT2D eigenvalue weighted by molar-refractivity contribution is 6.86. The van der Waals surface area contributed by atoms with Gasteiger partial charge in [-0.3, -0.25) is 0 Å². The molecule has 0 aliphatic rings. The zero-order valence-corrected chi connectivity index (χ0v) is 31.2. The van der Waals surface area contributed by atoms with E-state index in [0.29, 0.717) is 9.76 Å². The Morgan fingerprint density at radius 2 is 0.912 bits per heavy atom. The lowest BCUT2D eigenvalue weighted by Crippen LogP contribution is -2.34. The normalized spacial score (nSPS) is 13.8. The molecule has 3 nitrogen and oxygen atoms in total. The van der Waals surface area contributed by atoms with E-state index in [9.17, 15) is 0 Å². The molecular weight excluding hydrogens is 515 g/mol. The summed E-state index contributed by atoms with van der Waals surface area (Å²) in [6.07, 6.45) is 4.20. The fourth-order valence-corrected chi connectivity index (χ4v) is 23.3. The average Bonchev–Trinajstić information content (AvgIpc) is 2.73. The maximum atomic E-state index is 5.37. The Morgan fingerprint density at radius 3 is 1.32 bits per heavy atom. The summed E-state index contributed by atoms with van der Waals surface area (Å²) >= 11 is 0. The van der Waals surface area contributed by atoms with Crippen molar-refractivity contribution in [3.8, 4) is 0 Å². The highest BCUT2D eigenvalue weighted by Gasteiger charge is 2.28. The molecular formula is C25H61NO2Si6. The zero-order valence-electron chi connectivity index (χ0n) is 25.2. The van der Waals surface area contributed by atoms with Crippen LogP contribution in [0.1, 0.15) is 19.3 Å². The smallest absolute Gasteiger partial charge is 0.229 e. The zero-order chi connectivity index (χ0) is 26.3. The van der Waals surface area contributed by atoms with Gasteiger partial charge in [0.15, 0.2) is 0 Å². The van der Waals surface area contributed by atoms with E-state index < -0.39 is 32.3 Å². The highest BCUT2D eigenvalue weighted by atomic mass is 28.4. The first kappa shape index (κ1) is 35.2. The summed E-state index contributed by atoms with van der Waals surface area (Å²) in [4.78, 5) is 2.63. The molecule has 0 saturated heterocycles. The minimum atomic E-state index is -1.05. The van der Waals surface area contributed by atoms with Gasteiger partial charge in [0.1, 0.15) is 0 Å². The lowest BCUT2D eigenvalue weighted by atomic mass is 10.4. The maximum Gasteiger partial charge on any atom is 0.229 e. The first-order chi connectivity index (χ1) is 15.6. The van der Waals surface area contributed by atoms with Crippen molar-refractivity contribution in [3.05, 3.63) is 0 Å². The van der Waals surface area contributed by atoms with Crippen molar-refractivity contribution in [1.29, 1.82) is 0 Å². The van der Waals surface area contributed by atoms with E-state index in [1.54, 1.807) is 12.1 Å². The molecule has 4 radical (unpaired) electrons. The molecule has 0 fully saturated rings. The Labute approximate surface area is 224 Å². The summed E-state index contributed by atoms with van der Waals surface area (Å²) in [5.41, 5.74) is 1.35. The number of nitrogens with zero attached hydrogens (tertiary/aromatic N) is 1. The molecule has 0 aromatic carbocycles. The van der Waals surface area contributed by atoms with Gasteiger partial charge in [-0.2, -0.15) is 0 Å². The molecule has 0 saturated carbocycles. The minimum Gasteiger partial charge on any atom is -0.421 e. The van der Waals surface area contributed by atoms with Crippen molar-refractivity contribution in [2.45, 2.75) is 126 Å². The summed E-state index contributed by atoms with van der Waals surface area (Å²) in [6.45, 7) is 23.5. The molecule has 202 valence electrons. The van der Waals surface area contributed by atoms with Crippen LogP contribution in [0.3, 0.4) is 0 Å². The number of rotatable bonds is 22. The lowest BCUT2D eigenvalue weighted by molar-refractivity contribution is 0.334. The van der Waals surface area contributed by atoms with Gasteiger partial charge in [-0.1, -0.05) is 101 Å². The van der Waals surface area contributed by atoms with Crippen molar-refractivity contribution in [2.24, 2.45) is 0 Å². The van der Waals surface area contributed by atoms with Crippen LogP contribution in [0.2, 0.25) is 106 Å². The van der Waals surface area contributed by atoms with Crippen LogP contribution in [0, 0.1) is 0 Å². The summed E-state index contributed by atoms with van der Waals surface area (Å²) in [5.74, 6) is 0. The summed E-state index contributed by atoms with van der Waals surface area (Å²) in [7, 11) is 3.33. The van der Waals surface area contributed by atoms with Gasteiger partial charge in [0.25, 0.3) is 0 Å². The van der Waals surface area contributed by atoms with Crippen molar-refractivity contribution in [3.63, 3.8) is 0 Å². The van der Waals surface area contributed by atoms with E-state index in [0.717, 1.165) is 9.76 Å². The van der Waals surface area contributed by atoms with Crippen LogP contribution in [-0.4, -0.2) is 91.1 Å². The van der Waals surface area contributed by atoms with Gasteiger partial charge in [-0.05, 0) is 44.7 Å². The Morgan fingerprint density at radius 1 is 0.529 bits per heavy atom. The van der Waals surface area contributed by atoms with Gasteiger partial charge in [-0.25, -0.2) is 0 Å². The largest absolute Gasteiger partial charge is 0.421 e. The molecule has 34 heavy (non-hydrogen) atoms. The Balaban J connectivity index is 4.12. The topological polar surface area (TPSA) is 21.7 Å². The Bertz CT molecular complexity index is 518. The lowest BCUT2D eigenvalue weighted by Gasteiger charge is -2.30. The molecule has 0 aromatic rings. The van der Waals surface area contributed by atoms with E-state index in [1.807, 2.05) is 14.2 Å². The fraction of sp³-hybridized carbons (Fsp3) is 1.00. The van der Waals surface area contributed by atoms with Gasteiger partial charge < -0.3 is 13.8 Å². The van der Waals surface area contributed by atoms with Crippen molar-refractivity contribution < 1.29 is 8.85 Å². The second kappa shape index (κ2) is 17.6. The van der Waals surface area contributed by atoms with E-state index in [1.165, 1.54) is 74.3 Å². The predicted octanol–water partition coefficient (Wildman–Crippen LogP) is 7.83. The predicted molar refractivity (Wildman–Crippen MR) is 170 cm³/mol. The van der Waals surface area contributed by atoms with Crippen molar-refractivity contribution >= 4 is 51.8 Å². The molecule has 0 spiro atoms. The molecule has 0 unspecified atom stereocenters. The van der Waals surface area contributed by atoms with Crippen LogP contribution in [0.4, 0.5) is 0 Å². The van der Waals surface area contributed by atoms with Crippen LogP contribution in [0.15, 0.2) is 0 Å². The molecule has 0 aliphatic heterocycles. The third-order valence-electron chi connectivity index (χ3n) is 7.72. The SMILES string of the molecule is CO[Si]CCC[Si](C)(C)CC[Si](C)(C)CCCN(C)CCC[Si](C)(C)CC[Si](C)(C)C[Si]OC. The molecule has 0 aliphatic carbocycles. The molecule has 0 bridgehead atoms. The van der Waals surface area contributed by atoms with Gasteiger partial charge in [-0.15, -0.1) is 0 Å². The molecule has 9 heteroatoms. The van der Waals surface area contributed by atoms with E-state index >= 15 is 0 Å². The quantitative estimate of drug-likeness (QED) is 0.0969. The Hall–Kier alpha value is 1.18. The number of hydrogen-bond donors (Lipinski definition) is 0. The summed E-state index contributed by atoms with van der Waals surface area (Å²) < 4.78 is 10.6. The highest BCUT2D eigenvalue weighted by Crippen LogP contribution is 2.29. The monoisotopic (exact) mass is 575 g/mol.